The second kappa shape index (κ2) is 11.6. The Morgan fingerprint density at radius 2 is 1.52 bits per heavy atom. The Morgan fingerprint density at radius 3 is 2.20 bits per heavy atom. The summed E-state index contributed by atoms with van der Waals surface area (Å²) >= 11 is 13.3. The SMILES string of the molecule is O=C1[C@H]2[C@H](CC=C3[C@H]2C[C@H]2C(=O)N(c4cccc(Cl)c4)C(=O)[C@@]2(c2ccccc2)[C@H]3c2ccc(O)cc2Cl)C(=O)N1c1ccc([N+](=O)[O-])cc1. The predicted molar refractivity (Wildman–Crippen MR) is 185 cm³/mol. The van der Waals surface area contributed by atoms with Gasteiger partial charge in [0.15, 0.2) is 0 Å². The zero-order chi connectivity index (χ0) is 35.1. The van der Waals surface area contributed by atoms with Gasteiger partial charge in [0, 0.05) is 28.1 Å². The van der Waals surface area contributed by atoms with Crippen molar-refractivity contribution in [1.82, 2.24) is 0 Å². The van der Waals surface area contributed by atoms with Gasteiger partial charge in [0.05, 0.1) is 39.5 Å². The van der Waals surface area contributed by atoms with Gasteiger partial charge in [-0.3, -0.25) is 34.2 Å². The van der Waals surface area contributed by atoms with E-state index in [4.69, 9.17) is 23.2 Å². The molecule has 0 unspecified atom stereocenters. The van der Waals surface area contributed by atoms with E-state index in [0.29, 0.717) is 27.4 Å². The van der Waals surface area contributed by atoms with Crippen LogP contribution in [0.15, 0.2) is 109 Å². The van der Waals surface area contributed by atoms with Crippen molar-refractivity contribution >= 4 is 63.9 Å². The number of non-ortho nitro benzene ring substituents is 1. The fourth-order valence-electron chi connectivity index (χ4n) is 8.82. The van der Waals surface area contributed by atoms with E-state index in [0.717, 1.165) is 4.90 Å². The number of allylic oxidation sites excluding steroid dienone is 2. The fraction of sp³-hybridized carbons (Fsp3) is 0.211. The molecule has 2 heterocycles. The zero-order valence-electron chi connectivity index (χ0n) is 26.1. The van der Waals surface area contributed by atoms with Crippen LogP contribution >= 0.6 is 23.2 Å². The Balaban J connectivity index is 1.33. The van der Waals surface area contributed by atoms with Crippen LogP contribution in [0.2, 0.25) is 10.0 Å². The lowest BCUT2D eigenvalue weighted by Gasteiger charge is -2.51. The number of imide groups is 2. The van der Waals surface area contributed by atoms with Crippen LogP contribution in [0.1, 0.15) is 29.9 Å². The number of hydrogen-bond acceptors (Lipinski definition) is 7. The van der Waals surface area contributed by atoms with E-state index in [-0.39, 0.29) is 35.0 Å². The van der Waals surface area contributed by atoms with Crippen LogP contribution in [0.3, 0.4) is 0 Å². The van der Waals surface area contributed by atoms with E-state index in [9.17, 15) is 29.6 Å². The van der Waals surface area contributed by atoms with Gasteiger partial charge >= 0.3 is 0 Å². The van der Waals surface area contributed by atoms with Gasteiger partial charge in [-0.2, -0.15) is 0 Å². The Bertz CT molecular complexity index is 2170. The van der Waals surface area contributed by atoms with Crippen molar-refractivity contribution in [3.63, 3.8) is 0 Å². The molecule has 0 spiro atoms. The molecule has 12 heteroatoms. The molecule has 6 atom stereocenters. The van der Waals surface area contributed by atoms with Crippen molar-refractivity contribution in [2.45, 2.75) is 24.2 Å². The van der Waals surface area contributed by atoms with Gasteiger partial charge in [-0.15, -0.1) is 0 Å². The van der Waals surface area contributed by atoms with Crippen LogP contribution in [0, 0.1) is 33.8 Å². The average Bonchev–Trinajstić information content (AvgIpc) is 3.49. The molecular formula is C38H27Cl2N3O7. The lowest BCUT2D eigenvalue weighted by molar-refractivity contribution is -0.384. The summed E-state index contributed by atoms with van der Waals surface area (Å²) in [4.78, 5) is 71.3. The van der Waals surface area contributed by atoms with Gasteiger partial charge in [0.25, 0.3) is 5.69 Å². The fourth-order valence-corrected chi connectivity index (χ4v) is 9.28. The molecule has 0 bridgehead atoms. The largest absolute Gasteiger partial charge is 0.508 e. The molecule has 8 rings (SSSR count). The molecule has 3 fully saturated rings. The average molecular weight is 709 g/mol. The molecule has 250 valence electrons. The summed E-state index contributed by atoms with van der Waals surface area (Å²) in [6.45, 7) is 0. The molecule has 4 aromatic rings. The highest BCUT2D eigenvalue weighted by molar-refractivity contribution is 6.33. The molecule has 2 aliphatic heterocycles. The number of amides is 4. The number of benzene rings is 4. The van der Waals surface area contributed by atoms with Gasteiger partial charge in [0.2, 0.25) is 23.6 Å². The number of aromatic hydroxyl groups is 1. The first-order valence-corrected chi connectivity index (χ1v) is 16.8. The maximum atomic E-state index is 15.2. The molecule has 2 aliphatic carbocycles. The van der Waals surface area contributed by atoms with Crippen LogP contribution < -0.4 is 9.80 Å². The third-order valence-electron chi connectivity index (χ3n) is 10.8. The number of halogens is 2. The number of nitro benzene ring substituents is 1. The highest BCUT2D eigenvalue weighted by Crippen LogP contribution is 2.65. The van der Waals surface area contributed by atoms with E-state index in [1.165, 1.54) is 41.3 Å². The van der Waals surface area contributed by atoms with Crippen molar-refractivity contribution in [2.24, 2.45) is 23.7 Å². The van der Waals surface area contributed by atoms with Crippen molar-refractivity contribution in [1.29, 1.82) is 0 Å². The summed E-state index contributed by atoms with van der Waals surface area (Å²) in [6.07, 6.45) is 2.18. The summed E-state index contributed by atoms with van der Waals surface area (Å²) < 4.78 is 0. The van der Waals surface area contributed by atoms with E-state index < -0.39 is 63.6 Å². The van der Waals surface area contributed by atoms with Crippen molar-refractivity contribution < 1.29 is 29.2 Å². The number of rotatable bonds is 5. The second-order valence-corrected chi connectivity index (χ2v) is 13.9. The highest BCUT2D eigenvalue weighted by Gasteiger charge is 2.70. The normalized spacial score (nSPS) is 27.2. The molecular weight excluding hydrogens is 681 g/mol. The number of carbonyl (C=O) groups excluding carboxylic acids is 4. The standard InChI is InChI=1S/C38H27Cl2N3O7/c39-21-7-4-8-24(17-21)42-35(46)30-19-29-26(15-16-28-32(29)36(47)41(34(28)45)22-9-11-23(12-10-22)43(49)50)33(27-14-13-25(44)18-31(27)40)38(30,37(42)48)20-5-2-1-3-6-20/h1-15,17-18,28-30,32-33,44H,16,19H2/t28-,29+,30-,32-,33+,38+/m0/s1. The lowest BCUT2D eigenvalue weighted by atomic mass is 9.49. The Kier molecular flexibility index (Phi) is 7.43. The number of hydrogen-bond donors (Lipinski definition) is 1. The molecule has 1 saturated carbocycles. The number of phenols is 1. The van der Waals surface area contributed by atoms with Crippen molar-refractivity contribution in [3.05, 3.63) is 140 Å². The van der Waals surface area contributed by atoms with Crippen LogP contribution in [0.5, 0.6) is 5.75 Å². The molecule has 0 radical (unpaired) electrons. The molecule has 4 aliphatic rings. The monoisotopic (exact) mass is 707 g/mol. The van der Waals surface area contributed by atoms with Crippen LogP contribution in [-0.4, -0.2) is 33.7 Å². The topological polar surface area (TPSA) is 138 Å². The minimum Gasteiger partial charge on any atom is -0.508 e. The Labute approximate surface area is 295 Å². The summed E-state index contributed by atoms with van der Waals surface area (Å²) in [5.41, 5.74) is 0.615. The predicted octanol–water partition coefficient (Wildman–Crippen LogP) is 6.97. The van der Waals surface area contributed by atoms with Crippen LogP contribution in [0.4, 0.5) is 17.1 Å². The van der Waals surface area contributed by atoms with Crippen LogP contribution in [-0.2, 0) is 24.6 Å². The summed E-state index contributed by atoms with van der Waals surface area (Å²) in [5.74, 6) is -6.03. The summed E-state index contributed by atoms with van der Waals surface area (Å²) in [7, 11) is 0. The number of nitro groups is 1. The lowest BCUT2D eigenvalue weighted by Crippen LogP contribution is -2.53. The highest BCUT2D eigenvalue weighted by atomic mass is 35.5. The van der Waals surface area contributed by atoms with Gasteiger partial charge < -0.3 is 5.11 Å². The van der Waals surface area contributed by atoms with Gasteiger partial charge in [-0.05, 0) is 72.4 Å². The molecule has 0 aromatic heterocycles. The first-order valence-electron chi connectivity index (χ1n) is 16.0. The van der Waals surface area contributed by atoms with Crippen molar-refractivity contribution in [3.8, 4) is 5.75 Å². The number of fused-ring (bicyclic) bond motifs is 4. The third-order valence-corrected chi connectivity index (χ3v) is 11.3. The molecule has 2 saturated heterocycles. The second-order valence-electron chi connectivity index (χ2n) is 13.1. The third kappa shape index (κ3) is 4.48. The zero-order valence-corrected chi connectivity index (χ0v) is 27.6. The number of carbonyl (C=O) groups is 4. The summed E-state index contributed by atoms with van der Waals surface area (Å²) in [6, 6.07) is 25.3. The van der Waals surface area contributed by atoms with E-state index in [1.807, 2.05) is 24.3 Å². The molecule has 50 heavy (non-hydrogen) atoms. The molecule has 4 aromatic carbocycles. The van der Waals surface area contributed by atoms with E-state index in [1.54, 1.807) is 42.5 Å². The molecule has 10 nitrogen and oxygen atoms in total. The quantitative estimate of drug-likeness (QED) is 0.102. The van der Waals surface area contributed by atoms with Gasteiger partial charge in [-0.25, -0.2) is 4.90 Å². The van der Waals surface area contributed by atoms with Crippen molar-refractivity contribution in [2.75, 3.05) is 9.80 Å². The van der Waals surface area contributed by atoms with Crippen LogP contribution in [0.25, 0.3) is 0 Å². The van der Waals surface area contributed by atoms with E-state index in [2.05, 4.69) is 0 Å². The number of nitrogens with zero attached hydrogens (tertiary/aromatic N) is 3. The van der Waals surface area contributed by atoms with Gasteiger partial charge in [0.1, 0.15) is 5.75 Å². The Morgan fingerprint density at radius 1 is 0.780 bits per heavy atom. The molecule has 1 N–H and O–H groups in total. The number of phenolic OH excluding ortho intramolecular Hbond substituents is 1. The number of anilines is 2. The minimum atomic E-state index is -1.51. The smallest absolute Gasteiger partial charge is 0.269 e. The molecule has 4 amide bonds. The maximum absolute atomic E-state index is 15.2. The first-order chi connectivity index (χ1) is 24.0. The van der Waals surface area contributed by atoms with Gasteiger partial charge in [-0.1, -0.05) is 77.3 Å². The summed E-state index contributed by atoms with van der Waals surface area (Å²) in [5, 5.41) is 22.1. The first kappa shape index (κ1) is 31.9. The maximum Gasteiger partial charge on any atom is 0.269 e. The Hall–Kier alpha value is -5.32. The van der Waals surface area contributed by atoms with E-state index >= 15 is 4.79 Å². The minimum absolute atomic E-state index is 0.0844.